The highest BCUT2D eigenvalue weighted by atomic mass is 14.1. The molecule has 0 aliphatic rings. The number of rotatable bonds is 13. The molecule has 0 heteroatoms. The minimum atomic E-state index is 1.19. The predicted molar refractivity (Wildman–Crippen MR) is 133 cm³/mol. The third kappa shape index (κ3) is 7.17. The average Bonchev–Trinajstić information content (AvgIpc) is 2.81. The second kappa shape index (κ2) is 13.1. The standard InChI is InChI=1S/C30H38/c1-2-3-4-5-6-7-8-9-10-12-18-26-19-17-22-28(25-26)30-24-16-15-23-29(30)27-20-13-11-14-21-27/h11,13-17,19-25H,2-10,12,18H2,1H3. The minimum absolute atomic E-state index is 1.19. The van der Waals surface area contributed by atoms with Crippen LogP contribution in [0.25, 0.3) is 22.3 Å². The van der Waals surface area contributed by atoms with Crippen molar-refractivity contribution in [3.63, 3.8) is 0 Å². The van der Waals surface area contributed by atoms with E-state index in [-0.39, 0.29) is 0 Å². The van der Waals surface area contributed by atoms with E-state index in [4.69, 9.17) is 0 Å². The van der Waals surface area contributed by atoms with Crippen LogP contribution in [-0.4, -0.2) is 0 Å². The lowest BCUT2D eigenvalue weighted by molar-refractivity contribution is 0.556. The Balaban J connectivity index is 1.49. The summed E-state index contributed by atoms with van der Waals surface area (Å²) in [7, 11) is 0. The maximum atomic E-state index is 2.40. The van der Waals surface area contributed by atoms with Gasteiger partial charge in [0.1, 0.15) is 0 Å². The molecule has 0 spiro atoms. The molecule has 0 radical (unpaired) electrons. The molecule has 0 aliphatic carbocycles. The van der Waals surface area contributed by atoms with Gasteiger partial charge in [0.05, 0.1) is 0 Å². The van der Waals surface area contributed by atoms with Gasteiger partial charge in [-0.25, -0.2) is 0 Å². The van der Waals surface area contributed by atoms with Crippen molar-refractivity contribution >= 4 is 0 Å². The van der Waals surface area contributed by atoms with Crippen LogP contribution in [0, 0.1) is 0 Å². The first-order valence-electron chi connectivity index (χ1n) is 12.1. The molecular weight excluding hydrogens is 360 g/mol. The van der Waals surface area contributed by atoms with Crippen LogP contribution in [0.2, 0.25) is 0 Å². The molecule has 0 saturated carbocycles. The largest absolute Gasteiger partial charge is 0.0654 e. The van der Waals surface area contributed by atoms with Crippen molar-refractivity contribution in [3.8, 4) is 22.3 Å². The summed E-state index contributed by atoms with van der Waals surface area (Å²) in [5, 5.41) is 0. The van der Waals surface area contributed by atoms with Gasteiger partial charge in [0, 0.05) is 0 Å². The van der Waals surface area contributed by atoms with Crippen LogP contribution in [-0.2, 0) is 6.42 Å². The van der Waals surface area contributed by atoms with E-state index >= 15 is 0 Å². The number of hydrogen-bond acceptors (Lipinski definition) is 0. The molecule has 0 aromatic heterocycles. The summed E-state index contributed by atoms with van der Waals surface area (Å²) in [6.07, 6.45) is 15.1. The second-order valence-corrected chi connectivity index (χ2v) is 8.54. The Labute approximate surface area is 184 Å². The van der Waals surface area contributed by atoms with Crippen molar-refractivity contribution in [2.45, 2.75) is 77.6 Å². The van der Waals surface area contributed by atoms with Gasteiger partial charge in [-0.05, 0) is 40.7 Å². The first-order valence-corrected chi connectivity index (χ1v) is 12.1. The van der Waals surface area contributed by atoms with E-state index in [0.29, 0.717) is 0 Å². The van der Waals surface area contributed by atoms with Crippen LogP contribution in [0.4, 0.5) is 0 Å². The second-order valence-electron chi connectivity index (χ2n) is 8.54. The van der Waals surface area contributed by atoms with Crippen LogP contribution < -0.4 is 0 Å². The van der Waals surface area contributed by atoms with Gasteiger partial charge in [-0.2, -0.15) is 0 Å². The van der Waals surface area contributed by atoms with E-state index < -0.39 is 0 Å². The number of benzene rings is 3. The van der Waals surface area contributed by atoms with E-state index in [1.165, 1.54) is 98.4 Å². The zero-order valence-electron chi connectivity index (χ0n) is 18.8. The molecule has 0 unspecified atom stereocenters. The molecule has 0 atom stereocenters. The topological polar surface area (TPSA) is 0 Å². The van der Waals surface area contributed by atoms with E-state index in [2.05, 4.69) is 85.8 Å². The van der Waals surface area contributed by atoms with Gasteiger partial charge in [0.15, 0.2) is 0 Å². The fourth-order valence-corrected chi connectivity index (χ4v) is 4.32. The molecule has 0 fully saturated rings. The Morgan fingerprint density at radius 3 is 1.67 bits per heavy atom. The highest BCUT2D eigenvalue weighted by Crippen LogP contribution is 2.32. The van der Waals surface area contributed by atoms with Gasteiger partial charge >= 0.3 is 0 Å². The van der Waals surface area contributed by atoms with Crippen molar-refractivity contribution in [1.29, 1.82) is 0 Å². The van der Waals surface area contributed by atoms with E-state index in [0.717, 1.165) is 0 Å². The zero-order valence-corrected chi connectivity index (χ0v) is 18.8. The van der Waals surface area contributed by atoms with Crippen molar-refractivity contribution < 1.29 is 0 Å². The Bertz CT molecular complexity index is 847. The Kier molecular flexibility index (Phi) is 9.73. The highest BCUT2D eigenvalue weighted by molar-refractivity contribution is 5.83. The Morgan fingerprint density at radius 2 is 1.00 bits per heavy atom. The highest BCUT2D eigenvalue weighted by Gasteiger charge is 2.07. The maximum absolute atomic E-state index is 2.40. The Hall–Kier alpha value is -2.34. The summed E-state index contributed by atoms with van der Waals surface area (Å²) in [4.78, 5) is 0. The fourth-order valence-electron chi connectivity index (χ4n) is 4.32. The van der Waals surface area contributed by atoms with Gasteiger partial charge in [0.2, 0.25) is 0 Å². The van der Waals surface area contributed by atoms with Gasteiger partial charge in [0.25, 0.3) is 0 Å². The van der Waals surface area contributed by atoms with Crippen molar-refractivity contribution in [2.24, 2.45) is 0 Å². The third-order valence-electron chi connectivity index (χ3n) is 6.07. The molecule has 0 amide bonds. The fraction of sp³-hybridized carbons (Fsp3) is 0.400. The molecule has 158 valence electrons. The molecular formula is C30H38. The SMILES string of the molecule is CCCCCCCCCCCCc1cccc(-c2ccccc2-c2ccccc2)c1. The van der Waals surface area contributed by atoms with Crippen LogP contribution in [0.5, 0.6) is 0 Å². The minimum Gasteiger partial charge on any atom is -0.0654 e. The van der Waals surface area contributed by atoms with Gasteiger partial charge in [-0.1, -0.05) is 144 Å². The van der Waals surface area contributed by atoms with Gasteiger partial charge in [-0.15, -0.1) is 0 Å². The van der Waals surface area contributed by atoms with E-state index in [1.807, 2.05) is 0 Å². The predicted octanol–water partition coefficient (Wildman–Crippen LogP) is 9.48. The summed E-state index contributed by atoms with van der Waals surface area (Å²) in [5.41, 5.74) is 6.73. The van der Waals surface area contributed by atoms with Gasteiger partial charge in [-0.3, -0.25) is 0 Å². The van der Waals surface area contributed by atoms with Crippen molar-refractivity contribution in [3.05, 3.63) is 84.4 Å². The number of unbranched alkanes of at least 4 members (excludes halogenated alkanes) is 9. The lowest BCUT2D eigenvalue weighted by Gasteiger charge is -2.11. The maximum Gasteiger partial charge on any atom is -0.0105 e. The molecule has 3 rings (SSSR count). The first-order chi connectivity index (χ1) is 14.9. The average molecular weight is 399 g/mol. The number of hydrogen-bond donors (Lipinski definition) is 0. The Morgan fingerprint density at radius 1 is 0.467 bits per heavy atom. The van der Waals surface area contributed by atoms with Crippen molar-refractivity contribution in [1.82, 2.24) is 0 Å². The lowest BCUT2D eigenvalue weighted by atomic mass is 9.93. The van der Waals surface area contributed by atoms with Crippen molar-refractivity contribution in [2.75, 3.05) is 0 Å². The lowest BCUT2D eigenvalue weighted by Crippen LogP contribution is -1.89. The van der Waals surface area contributed by atoms with Crippen LogP contribution >= 0.6 is 0 Å². The summed E-state index contributed by atoms with van der Waals surface area (Å²) in [6.45, 7) is 2.29. The molecule has 0 bridgehead atoms. The normalized spacial score (nSPS) is 11.0. The molecule has 30 heavy (non-hydrogen) atoms. The van der Waals surface area contributed by atoms with Gasteiger partial charge < -0.3 is 0 Å². The molecule has 0 aliphatic heterocycles. The summed E-state index contributed by atoms with van der Waals surface area (Å²) in [5.74, 6) is 0. The van der Waals surface area contributed by atoms with Crippen LogP contribution in [0.15, 0.2) is 78.9 Å². The molecule has 0 nitrogen and oxygen atoms in total. The molecule has 0 saturated heterocycles. The van der Waals surface area contributed by atoms with Crippen LogP contribution in [0.3, 0.4) is 0 Å². The first kappa shape index (κ1) is 22.3. The quantitative estimate of drug-likeness (QED) is 0.251. The summed E-state index contributed by atoms with van der Waals surface area (Å²) < 4.78 is 0. The smallest absolute Gasteiger partial charge is 0.0105 e. The summed E-state index contributed by atoms with van der Waals surface area (Å²) >= 11 is 0. The molecule has 0 N–H and O–H groups in total. The molecule has 3 aromatic carbocycles. The zero-order chi connectivity index (χ0) is 20.9. The third-order valence-corrected chi connectivity index (χ3v) is 6.07. The molecule has 3 aromatic rings. The summed E-state index contributed by atoms with van der Waals surface area (Å²) in [6, 6.07) is 28.7. The van der Waals surface area contributed by atoms with E-state index in [1.54, 1.807) is 0 Å². The molecule has 0 heterocycles. The number of aryl methyl sites for hydroxylation is 1. The van der Waals surface area contributed by atoms with Crippen LogP contribution in [0.1, 0.15) is 76.7 Å². The monoisotopic (exact) mass is 398 g/mol. The van der Waals surface area contributed by atoms with E-state index in [9.17, 15) is 0 Å².